The molecule has 21 heavy (non-hydrogen) atoms. The normalized spacial score (nSPS) is 24.8. The first-order valence-corrected chi connectivity index (χ1v) is 6.25. The van der Waals surface area contributed by atoms with Gasteiger partial charge in [0.15, 0.2) is 0 Å². The summed E-state index contributed by atoms with van der Waals surface area (Å²) in [5, 5.41) is 20.1. The highest BCUT2D eigenvalue weighted by molar-refractivity contribution is 5.72. The van der Waals surface area contributed by atoms with Gasteiger partial charge in [0, 0.05) is 18.2 Å². The largest absolute Gasteiger partial charge is 0.394 e. The Morgan fingerprint density at radius 3 is 2.90 bits per heavy atom. The summed E-state index contributed by atoms with van der Waals surface area (Å²) in [5.41, 5.74) is 0.629. The van der Waals surface area contributed by atoms with Gasteiger partial charge >= 0.3 is 11.7 Å². The molecule has 3 atom stereocenters. The molecular formula is C11H16N4O6. The predicted octanol–water partition coefficient (Wildman–Crippen LogP) is -1.82. The zero-order chi connectivity index (χ0) is 15.6. The van der Waals surface area contributed by atoms with Crippen molar-refractivity contribution in [2.75, 3.05) is 6.61 Å². The zero-order valence-corrected chi connectivity index (χ0v) is 11.2. The molecule has 1 aliphatic heterocycles. The van der Waals surface area contributed by atoms with Gasteiger partial charge in [0.25, 0.3) is 5.56 Å². The number of nitrogens with zero attached hydrogens (tertiary/aromatic N) is 1. The van der Waals surface area contributed by atoms with E-state index in [1.165, 1.54) is 16.2 Å². The van der Waals surface area contributed by atoms with Crippen LogP contribution in [-0.2, 0) is 4.74 Å². The Labute approximate surface area is 118 Å². The lowest BCUT2D eigenvalue weighted by Crippen LogP contribution is -2.45. The van der Waals surface area contributed by atoms with Gasteiger partial charge in [-0.2, -0.15) is 0 Å². The Balaban J connectivity index is 2.23. The predicted molar refractivity (Wildman–Crippen MR) is 68.9 cm³/mol. The molecule has 1 aromatic heterocycles. The number of aliphatic hydroxyl groups is 1. The van der Waals surface area contributed by atoms with Crippen LogP contribution in [0.4, 0.5) is 4.79 Å². The van der Waals surface area contributed by atoms with E-state index in [4.69, 9.17) is 9.94 Å². The average Bonchev–Trinajstić information content (AvgIpc) is 2.85. The number of aromatic nitrogens is 2. The van der Waals surface area contributed by atoms with Gasteiger partial charge in [0.1, 0.15) is 12.3 Å². The third-order valence-corrected chi connectivity index (χ3v) is 3.29. The smallest absolute Gasteiger partial charge is 0.338 e. The molecule has 1 aliphatic rings. The topological polar surface area (TPSA) is 146 Å². The Morgan fingerprint density at radius 1 is 1.57 bits per heavy atom. The number of aliphatic hydroxyl groups excluding tert-OH is 1. The van der Waals surface area contributed by atoms with Crippen LogP contribution >= 0.6 is 0 Å². The number of nitrogens with one attached hydrogen (secondary N) is 3. The van der Waals surface area contributed by atoms with Crippen LogP contribution in [0.5, 0.6) is 0 Å². The number of carbonyl (C=O) groups is 1. The van der Waals surface area contributed by atoms with Crippen molar-refractivity contribution in [3.8, 4) is 0 Å². The first-order chi connectivity index (χ1) is 9.96. The number of hydroxylamine groups is 1. The molecular weight excluding hydrogens is 284 g/mol. The van der Waals surface area contributed by atoms with Crippen molar-refractivity contribution in [3.63, 3.8) is 0 Å². The molecule has 1 aromatic rings. The quantitative estimate of drug-likeness (QED) is 0.328. The Hall–Kier alpha value is -2.17. The molecule has 0 saturated carbocycles. The monoisotopic (exact) mass is 300 g/mol. The third-order valence-electron chi connectivity index (χ3n) is 3.29. The summed E-state index contributed by atoms with van der Waals surface area (Å²) < 4.78 is 6.69. The van der Waals surface area contributed by atoms with E-state index in [-0.39, 0.29) is 13.0 Å². The van der Waals surface area contributed by atoms with Crippen LogP contribution in [0.2, 0.25) is 0 Å². The molecule has 2 heterocycles. The summed E-state index contributed by atoms with van der Waals surface area (Å²) in [4.78, 5) is 36.4. The molecule has 10 nitrogen and oxygen atoms in total. The van der Waals surface area contributed by atoms with Crippen molar-refractivity contribution >= 4 is 6.03 Å². The van der Waals surface area contributed by atoms with Crippen LogP contribution in [0.3, 0.4) is 0 Å². The van der Waals surface area contributed by atoms with Crippen molar-refractivity contribution in [2.45, 2.75) is 31.7 Å². The van der Waals surface area contributed by atoms with E-state index < -0.39 is 35.7 Å². The van der Waals surface area contributed by atoms with Crippen LogP contribution in [0.15, 0.2) is 15.8 Å². The van der Waals surface area contributed by atoms with E-state index in [1.54, 1.807) is 6.92 Å². The summed E-state index contributed by atoms with van der Waals surface area (Å²) in [5.74, 6) is 0. The van der Waals surface area contributed by atoms with Crippen LogP contribution in [0.25, 0.3) is 0 Å². The molecule has 0 spiro atoms. The standard InChI is InChI=1S/C11H16N4O6/c1-5-3-15(11(19)13-9(5)17)8-2-6(7(4-16)21-8)12-10(18)14-20/h3,6-8,16,20H,2,4H2,1H3,(H2,12,14,18)(H,13,17,19). The molecule has 1 saturated heterocycles. The molecule has 0 aromatic carbocycles. The summed E-state index contributed by atoms with van der Waals surface area (Å²) >= 11 is 0. The van der Waals surface area contributed by atoms with E-state index in [1.807, 2.05) is 0 Å². The molecule has 2 amide bonds. The van der Waals surface area contributed by atoms with Gasteiger partial charge in [-0.25, -0.2) is 15.1 Å². The van der Waals surface area contributed by atoms with E-state index in [0.29, 0.717) is 5.56 Å². The van der Waals surface area contributed by atoms with E-state index in [9.17, 15) is 19.5 Å². The highest BCUT2D eigenvalue weighted by Gasteiger charge is 2.37. The minimum absolute atomic E-state index is 0.198. The molecule has 0 bridgehead atoms. The minimum Gasteiger partial charge on any atom is -0.394 e. The molecule has 10 heteroatoms. The number of rotatable bonds is 3. The number of amides is 2. The number of aromatic amines is 1. The van der Waals surface area contributed by atoms with E-state index >= 15 is 0 Å². The second kappa shape index (κ2) is 6.08. The summed E-state index contributed by atoms with van der Waals surface area (Å²) in [6, 6.07) is -1.43. The third kappa shape index (κ3) is 3.12. The summed E-state index contributed by atoms with van der Waals surface area (Å²) in [6.07, 6.45) is 0.0827. The minimum atomic E-state index is -0.840. The van der Waals surface area contributed by atoms with E-state index in [0.717, 1.165) is 0 Å². The van der Waals surface area contributed by atoms with Crippen LogP contribution in [0.1, 0.15) is 18.2 Å². The molecule has 116 valence electrons. The first kappa shape index (κ1) is 15.2. The summed E-state index contributed by atoms with van der Waals surface area (Å²) in [7, 11) is 0. The summed E-state index contributed by atoms with van der Waals surface area (Å²) in [6.45, 7) is 1.17. The van der Waals surface area contributed by atoms with Crippen molar-refractivity contribution in [3.05, 3.63) is 32.6 Å². The molecule has 2 rings (SSSR count). The number of urea groups is 1. The van der Waals surface area contributed by atoms with Crippen molar-refractivity contribution in [2.24, 2.45) is 0 Å². The Morgan fingerprint density at radius 2 is 2.29 bits per heavy atom. The maximum atomic E-state index is 11.8. The number of hydrogen-bond donors (Lipinski definition) is 5. The highest BCUT2D eigenvalue weighted by atomic mass is 16.5. The van der Waals surface area contributed by atoms with Crippen molar-refractivity contribution in [1.82, 2.24) is 20.3 Å². The van der Waals surface area contributed by atoms with Gasteiger partial charge in [-0.05, 0) is 6.92 Å². The number of H-pyrrole nitrogens is 1. The fourth-order valence-electron chi connectivity index (χ4n) is 2.22. The fourth-order valence-corrected chi connectivity index (χ4v) is 2.22. The maximum Gasteiger partial charge on any atom is 0.338 e. The average molecular weight is 300 g/mol. The second-order valence-electron chi connectivity index (χ2n) is 4.72. The van der Waals surface area contributed by atoms with Crippen LogP contribution in [-0.4, -0.2) is 44.6 Å². The van der Waals surface area contributed by atoms with Gasteiger partial charge in [0.05, 0.1) is 12.6 Å². The number of aryl methyl sites for hydroxylation is 1. The van der Waals surface area contributed by atoms with Gasteiger partial charge in [-0.15, -0.1) is 0 Å². The van der Waals surface area contributed by atoms with Crippen molar-refractivity contribution < 1.29 is 19.8 Å². The lowest BCUT2D eigenvalue weighted by molar-refractivity contribution is -0.0286. The Kier molecular flexibility index (Phi) is 4.40. The second-order valence-corrected chi connectivity index (χ2v) is 4.72. The number of ether oxygens (including phenoxy) is 1. The fraction of sp³-hybridized carbons (Fsp3) is 0.545. The van der Waals surface area contributed by atoms with Crippen LogP contribution in [0, 0.1) is 6.92 Å². The van der Waals surface area contributed by atoms with Crippen molar-refractivity contribution in [1.29, 1.82) is 0 Å². The number of hydrogen-bond acceptors (Lipinski definition) is 6. The number of carbonyl (C=O) groups excluding carboxylic acids is 1. The first-order valence-electron chi connectivity index (χ1n) is 6.25. The molecule has 1 fully saturated rings. The van der Waals surface area contributed by atoms with Gasteiger partial charge < -0.3 is 15.2 Å². The SMILES string of the molecule is Cc1cn(C2CC(NC(=O)NO)C(CO)O2)c(=O)[nH]c1=O. The van der Waals surface area contributed by atoms with Crippen LogP contribution < -0.4 is 22.0 Å². The lowest BCUT2D eigenvalue weighted by Gasteiger charge is -2.16. The maximum absolute atomic E-state index is 11.8. The van der Waals surface area contributed by atoms with Gasteiger partial charge in [-0.3, -0.25) is 19.6 Å². The van der Waals surface area contributed by atoms with Gasteiger partial charge in [-0.1, -0.05) is 0 Å². The molecule has 5 N–H and O–H groups in total. The molecule has 0 aliphatic carbocycles. The Bertz CT molecular complexity index is 638. The van der Waals surface area contributed by atoms with E-state index in [2.05, 4.69) is 10.3 Å². The lowest BCUT2D eigenvalue weighted by atomic mass is 10.1. The molecule has 3 unspecified atom stereocenters. The highest BCUT2D eigenvalue weighted by Crippen LogP contribution is 2.27. The zero-order valence-electron chi connectivity index (χ0n) is 11.2. The molecule has 0 radical (unpaired) electrons. The van der Waals surface area contributed by atoms with Gasteiger partial charge in [0.2, 0.25) is 0 Å².